The lowest BCUT2D eigenvalue weighted by Crippen LogP contribution is -2.50. The van der Waals surface area contributed by atoms with Crippen molar-refractivity contribution in [3.05, 3.63) is 65.7 Å². The standard InChI is InChI=1S/C20H24N2O3S/c1-15-10-11-21-13-19(15)22-20(23)17-7-5-6-16(12-17)14-26(24,25)18-8-3-2-4-9-18/h2-9,12,15,19,21H,10-11,13-14H2,1H3,(H,22,23). The van der Waals surface area contributed by atoms with Gasteiger partial charge in [-0.3, -0.25) is 4.79 Å². The zero-order valence-electron chi connectivity index (χ0n) is 14.8. The molecule has 2 unspecified atom stereocenters. The fourth-order valence-electron chi connectivity index (χ4n) is 3.17. The second kappa shape index (κ2) is 8.01. The highest BCUT2D eigenvalue weighted by atomic mass is 32.2. The molecule has 6 heteroatoms. The van der Waals surface area contributed by atoms with Gasteiger partial charge in [0, 0.05) is 18.2 Å². The van der Waals surface area contributed by atoms with E-state index in [0.717, 1.165) is 19.5 Å². The molecule has 0 bridgehead atoms. The molecule has 1 aliphatic rings. The first-order valence-corrected chi connectivity index (χ1v) is 10.5. The Morgan fingerprint density at radius 3 is 2.65 bits per heavy atom. The molecule has 2 aromatic rings. The molecule has 1 aliphatic heterocycles. The van der Waals surface area contributed by atoms with Crippen LogP contribution in [0.4, 0.5) is 0 Å². The van der Waals surface area contributed by atoms with Crippen molar-refractivity contribution in [1.82, 2.24) is 10.6 Å². The summed E-state index contributed by atoms with van der Waals surface area (Å²) in [6.07, 6.45) is 1.03. The molecule has 2 aromatic carbocycles. The van der Waals surface area contributed by atoms with Crippen LogP contribution in [-0.4, -0.2) is 33.5 Å². The number of hydrogen-bond acceptors (Lipinski definition) is 4. The van der Waals surface area contributed by atoms with Crippen LogP contribution in [0, 0.1) is 5.92 Å². The predicted molar refractivity (Wildman–Crippen MR) is 102 cm³/mol. The van der Waals surface area contributed by atoms with Gasteiger partial charge in [-0.2, -0.15) is 0 Å². The topological polar surface area (TPSA) is 75.3 Å². The van der Waals surface area contributed by atoms with Crippen LogP contribution in [-0.2, 0) is 15.6 Å². The highest BCUT2D eigenvalue weighted by Crippen LogP contribution is 2.18. The van der Waals surface area contributed by atoms with Gasteiger partial charge in [0.1, 0.15) is 0 Å². The summed E-state index contributed by atoms with van der Waals surface area (Å²) in [6.45, 7) is 3.87. The van der Waals surface area contributed by atoms with E-state index in [4.69, 9.17) is 0 Å². The van der Waals surface area contributed by atoms with Crippen molar-refractivity contribution in [3.8, 4) is 0 Å². The van der Waals surface area contributed by atoms with Crippen LogP contribution in [0.2, 0.25) is 0 Å². The molecule has 0 aromatic heterocycles. The number of piperidine rings is 1. The van der Waals surface area contributed by atoms with Gasteiger partial charge in [-0.1, -0.05) is 37.3 Å². The monoisotopic (exact) mass is 372 g/mol. The quantitative estimate of drug-likeness (QED) is 0.845. The molecule has 1 heterocycles. The van der Waals surface area contributed by atoms with Crippen molar-refractivity contribution in [2.24, 2.45) is 5.92 Å². The summed E-state index contributed by atoms with van der Waals surface area (Å²) >= 11 is 0. The third-order valence-corrected chi connectivity index (χ3v) is 6.50. The van der Waals surface area contributed by atoms with Gasteiger partial charge in [0.2, 0.25) is 0 Å². The highest BCUT2D eigenvalue weighted by Gasteiger charge is 2.23. The lowest BCUT2D eigenvalue weighted by Gasteiger charge is -2.30. The van der Waals surface area contributed by atoms with Gasteiger partial charge >= 0.3 is 0 Å². The largest absolute Gasteiger partial charge is 0.348 e. The molecule has 0 saturated carbocycles. The van der Waals surface area contributed by atoms with E-state index in [2.05, 4.69) is 17.6 Å². The minimum atomic E-state index is -3.43. The number of hydrogen-bond donors (Lipinski definition) is 2. The van der Waals surface area contributed by atoms with Crippen LogP contribution in [0.5, 0.6) is 0 Å². The maximum atomic E-state index is 12.6. The summed E-state index contributed by atoms with van der Waals surface area (Å²) < 4.78 is 25.1. The number of sulfone groups is 1. The van der Waals surface area contributed by atoms with E-state index in [1.165, 1.54) is 0 Å². The molecule has 5 nitrogen and oxygen atoms in total. The summed E-state index contributed by atoms with van der Waals surface area (Å²) in [5, 5.41) is 6.34. The first-order chi connectivity index (χ1) is 12.5. The third-order valence-electron chi connectivity index (χ3n) is 4.79. The lowest BCUT2D eigenvalue weighted by molar-refractivity contribution is 0.0915. The Morgan fingerprint density at radius 2 is 1.92 bits per heavy atom. The number of benzene rings is 2. The normalized spacial score (nSPS) is 20.5. The van der Waals surface area contributed by atoms with Crippen LogP contribution in [0.3, 0.4) is 0 Å². The minimum Gasteiger partial charge on any atom is -0.348 e. The van der Waals surface area contributed by atoms with Crippen molar-refractivity contribution in [1.29, 1.82) is 0 Å². The van der Waals surface area contributed by atoms with Crippen molar-refractivity contribution in [2.45, 2.75) is 30.0 Å². The third kappa shape index (κ3) is 4.51. The minimum absolute atomic E-state index is 0.0907. The molecule has 0 aliphatic carbocycles. The van der Waals surface area contributed by atoms with Crippen LogP contribution >= 0.6 is 0 Å². The van der Waals surface area contributed by atoms with Crippen LogP contribution in [0.15, 0.2) is 59.5 Å². The summed E-state index contributed by atoms with van der Waals surface area (Å²) in [4.78, 5) is 12.8. The fraction of sp³-hybridized carbons (Fsp3) is 0.350. The highest BCUT2D eigenvalue weighted by molar-refractivity contribution is 7.90. The Labute approximate surface area is 154 Å². The first-order valence-electron chi connectivity index (χ1n) is 8.84. The van der Waals surface area contributed by atoms with Crippen LogP contribution in [0.1, 0.15) is 29.3 Å². The van der Waals surface area contributed by atoms with E-state index in [-0.39, 0.29) is 22.6 Å². The number of nitrogens with one attached hydrogen (secondary N) is 2. The zero-order chi connectivity index (χ0) is 18.6. The molecule has 1 amide bonds. The Kier molecular flexibility index (Phi) is 5.74. The second-order valence-electron chi connectivity index (χ2n) is 6.82. The number of amides is 1. The molecular weight excluding hydrogens is 348 g/mol. The van der Waals surface area contributed by atoms with Crippen molar-refractivity contribution in [2.75, 3.05) is 13.1 Å². The number of carbonyl (C=O) groups is 1. The number of rotatable bonds is 5. The van der Waals surface area contributed by atoms with Crippen LogP contribution in [0.25, 0.3) is 0 Å². The summed E-state index contributed by atoms with van der Waals surface area (Å²) in [5.41, 5.74) is 1.10. The van der Waals surface area contributed by atoms with E-state index in [9.17, 15) is 13.2 Å². The van der Waals surface area contributed by atoms with Crippen LogP contribution < -0.4 is 10.6 Å². The Hall–Kier alpha value is -2.18. The summed E-state index contributed by atoms with van der Waals surface area (Å²) in [6, 6.07) is 15.3. The molecule has 2 atom stereocenters. The first kappa shape index (κ1) is 18.6. The molecule has 2 N–H and O–H groups in total. The molecule has 138 valence electrons. The van der Waals surface area contributed by atoms with E-state index in [0.29, 0.717) is 17.0 Å². The van der Waals surface area contributed by atoms with E-state index < -0.39 is 9.84 Å². The molecule has 1 saturated heterocycles. The smallest absolute Gasteiger partial charge is 0.251 e. The lowest BCUT2D eigenvalue weighted by atomic mass is 9.94. The van der Waals surface area contributed by atoms with Gasteiger partial charge in [0.05, 0.1) is 10.6 Å². The Bertz CT molecular complexity index is 866. The van der Waals surface area contributed by atoms with E-state index in [1.807, 2.05) is 0 Å². The average Bonchev–Trinajstić information content (AvgIpc) is 2.64. The van der Waals surface area contributed by atoms with Gasteiger partial charge in [0.25, 0.3) is 5.91 Å². The molecule has 1 fully saturated rings. The van der Waals surface area contributed by atoms with Crippen molar-refractivity contribution >= 4 is 15.7 Å². The van der Waals surface area contributed by atoms with Gasteiger partial charge in [-0.25, -0.2) is 8.42 Å². The fourth-order valence-corrected chi connectivity index (χ4v) is 4.52. The number of carbonyl (C=O) groups excluding carboxylic acids is 1. The summed E-state index contributed by atoms with van der Waals surface area (Å²) in [7, 11) is -3.43. The van der Waals surface area contributed by atoms with E-state index >= 15 is 0 Å². The molecule has 0 spiro atoms. The van der Waals surface area contributed by atoms with Crippen molar-refractivity contribution < 1.29 is 13.2 Å². The average molecular weight is 372 g/mol. The van der Waals surface area contributed by atoms with Gasteiger partial charge in [-0.05, 0) is 48.7 Å². The molecule has 26 heavy (non-hydrogen) atoms. The second-order valence-corrected chi connectivity index (χ2v) is 8.81. The SMILES string of the molecule is CC1CCNCC1NC(=O)c1cccc(CS(=O)(=O)c2ccccc2)c1. The molecular formula is C20H24N2O3S. The van der Waals surface area contributed by atoms with E-state index in [1.54, 1.807) is 54.6 Å². The van der Waals surface area contributed by atoms with Crippen molar-refractivity contribution in [3.63, 3.8) is 0 Å². The Morgan fingerprint density at radius 1 is 1.15 bits per heavy atom. The van der Waals surface area contributed by atoms with Gasteiger partial charge < -0.3 is 10.6 Å². The predicted octanol–water partition coefficient (Wildman–Crippen LogP) is 2.39. The molecule has 0 radical (unpaired) electrons. The maximum absolute atomic E-state index is 12.6. The maximum Gasteiger partial charge on any atom is 0.251 e. The zero-order valence-corrected chi connectivity index (χ0v) is 15.6. The van der Waals surface area contributed by atoms with Gasteiger partial charge in [-0.15, -0.1) is 0 Å². The Balaban J connectivity index is 1.73. The van der Waals surface area contributed by atoms with Gasteiger partial charge in [0.15, 0.2) is 9.84 Å². The summed E-state index contributed by atoms with van der Waals surface area (Å²) in [5.74, 6) is 0.130. The molecule has 3 rings (SSSR count).